The Morgan fingerprint density at radius 2 is 1.47 bits per heavy atom. The molecule has 0 fully saturated rings. The standard InChI is InChI=1S/C6H6O2.C5H8O6/c7-5-1-2-6(8)4-3-5;1-3(11-5(8)9)2-10-4(6)7/h1-4,7-8H;3H,2H2,1H3,(H,6,7)(H,8,9). The molecule has 8 heteroatoms. The quantitative estimate of drug-likeness (QED) is 0.484. The van der Waals surface area contributed by atoms with Crippen molar-refractivity contribution in [3.05, 3.63) is 24.3 Å². The fourth-order valence-electron chi connectivity index (χ4n) is 0.847. The van der Waals surface area contributed by atoms with Crippen molar-refractivity contribution >= 4 is 12.3 Å². The molecule has 0 aromatic heterocycles. The van der Waals surface area contributed by atoms with Gasteiger partial charge < -0.3 is 29.9 Å². The van der Waals surface area contributed by atoms with Crippen LogP contribution in [0.2, 0.25) is 0 Å². The molecule has 0 spiro atoms. The van der Waals surface area contributed by atoms with E-state index in [1.165, 1.54) is 31.2 Å². The summed E-state index contributed by atoms with van der Waals surface area (Å²) in [4.78, 5) is 19.6. The molecule has 0 saturated carbocycles. The molecule has 1 aromatic rings. The Morgan fingerprint density at radius 3 is 1.79 bits per heavy atom. The van der Waals surface area contributed by atoms with Gasteiger partial charge in [0.2, 0.25) is 0 Å². The molecule has 106 valence electrons. The van der Waals surface area contributed by atoms with Crippen molar-refractivity contribution in [2.24, 2.45) is 0 Å². The molecule has 0 aliphatic heterocycles. The predicted molar refractivity (Wildman–Crippen MR) is 62.3 cm³/mol. The van der Waals surface area contributed by atoms with Crippen LogP contribution in [0.3, 0.4) is 0 Å². The molecule has 1 rings (SSSR count). The van der Waals surface area contributed by atoms with Gasteiger partial charge in [-0.15, -0.1) is 0 Å². The van der Waals surface area contributed by atoms with Crippen molar-refractivity contribution in [2.45, 2.75) is 13.0 Å². The Kier molecular flexibility index (Phi) is 7.28. The van der Waals surface area contributed by atoms with Gasteiger partial charge in [-0.1, -0.05) is 0 Å². The molecule has 1 atom stereocenters. The summed E-state index contributed by atoms with van der Waals surface area (Å²) in [5.74, 6) is 0.339. The Balaban J connectivity index is 0.000000356. The summed E-state index contributed by atoms with van der Waals surface area (Å²) in [7, 11) is 0. The molecule has 1 aromatic carbocycles. The van der Waals surface area contributed by atoms with Crippen LogP contribution >= 0.6 is 0 Å². The van der Waals surface area contributed by atoms with Gasteiger partial charge in [0.1, 0.15) is 24.2 Å². The lowest BCUT2D eigenvalue weighted by molar-refractivity contribution is 0.0122. The molecule has 1 unspecified atom stereocenters. The monoisotopic (exact) mass is 274 g/mol. The highest BCUT2D eigenvalue weighted by Crippen LogP contribution is 2.13. The van der Waals surface area contributed by atoms with E-state index < -0.39 is 18.4 Å². The van der Waals surface area contributed by atoms with E-state index in [0.717, 1.165) is 0 Å². The van der Waals surface area contributed by atoms with Crippen LogP contribution in [0.5, 0.6) is 11.5 Å². The van der Waals surface area contributed by atoms with E-state index in [1.54, 1.807) is 0 Å². The minimum atomic E-state index is -1.45. The zero-order valence-electron chi connectivity index (χ0n) is 10.0. The van der Waals surface area contributed by atoms with E-state index in [2.05, 4.69) is 9.47 Å². The van der Waals surface area contributed by atoms with E-state index >= 15 is 0 Å². The van der Waals surface area contributed by atoms with Crippen molar-refractivity contribution in [1.29, 1.82) is 0 Å². The lowest BCUT2D eigenvalue weighted by Gasteiger charge is -2.08. The van der Waals surface area contributed by atoms with Crippen LogP contribution in [0.1, 0.15) is 6.92 Å². The highest BCUT2D eigenvalue weighted by atomic mass is 16.7. The average molecular weight is 274 g/mol. The van der Waals surface area contributed by atoms with Gasteiger partial charge in [0.25, 0.3) is 0 Å². The first-order valence-electron chi connectivity index (χ1n) is 5.04. The number of phenolic OH excluding ortho intramolecular Hbond substituents is 2. The van der Waals surface area contributed by atoms with Crippen LogP contribution in [-0.4, -0.2) is 45.4 Å². The van der Waals surface area contributed by atoms with Crippen LogP contribution in [0, 0.1) is 0 Å². The van der Waals surface area contributed by atoms with Crippen LogP contribution in [0.15, 0.2) is 24.3 Å². The molecule has 8 nitrogen and oxygen atoms in total. The number of benzene rings is 1. The summed E-state index contributed by atoms with van der Waals surface area (Å²) in [6.07, 6.45) is -3.68. The summed E-state index contributed by atoms with van der Waals surface area (Å²) in [5.41, 5.74) is 0. The highest BCUT2D eigenvalue weighted by Gasteiger charge is 2.09. The maximum absolute atomic E-state index is 9.83. The third-order valence-electron chi connectivity index (χ3n) is 1.59. The van der Waals surface area contributed by atoms with Gasteiger partial charge >= 0.3 is 12.3 Å². The maximum atomic E-state index is 9.83. The molecule has 0 bridgehead atoms. The van der Waals surface area contributed by atoms with Crippen molar-refractivity contribution in [3.63, 3.8) is 0 Å². The molecule has 0 aliphatic rings. The summed E-state index contributed by atoms with van der Waals surface area (Å²) in [6.45, 7) is 1.10. The molecule has 0 heterocycles. The number of carboxylic acid groups (broad SMARTS) is 2. The second-order valence-corrected chi connectivity index (χ2v) is 3.29. The van der Waals surface area contributed by atoms with Gasteiger partial charge in [-0.25, -0.2) is 9.59 Å². The molecular weight excluding hydrogens is 260 g/mol. The summed E-state index contributed by atoms with van der Waals surface area (Å²) in [6, 6.07) is 5.70. The first kappa shape index (κ1) is 16.4. The minimum absolute atomic E-state index is 0.169. The lowest BCUT2D eigenvalue weighted by Crippen LogP contribution is -2.20. The number of hydrogen-bond acceptors (Lipinski definition) is 6. The summed E-state index contributed by atoms with van der Waals surface area (Å²) in [5, 5.41) is 33.3. The molecule has 19 heavy (non-hydrogen) atoms. The zero-order chi connectivity index (χ0) is 14.8. The molecule has 4 N–H and O–H groups in total. The fraction of sp³-hybridized carbons (Fsp3) is 0.273. The molecule has 0 aliphatic carbocycles. The van der Waals surface area contributed by atoms with Crippen LogP contribution < -0.4 is 0 Å². The molecule has 0 saturated heterocycles. The molecule has 0 amide bonds. The van der Waals surface area contributed by atoms with Gasteiger partial charge in [0, 0.05) is 0 Å². The van der Waals surface area contributed by atoms with Crippen molar-refractivity contribution < 1.29 is 39.5 Å². The van der Waals surface area contributed by atoms with E-state index in [-0.39, 0.29) is 18.1 Å². The van der Waals surface area contributed by atoms with Gasteiger partial charge in [-0.3, -0.25) is 0 Å². The number of hydrogen-bond donors (Lipinski definition) is 4. The van der Waals surface area contributed by atoms with Gasteiger partial charge in [-0.2, -0.15) is 0 Å². The van der Waals surface area contributed by atoms with Crippen LogP contribution in [0.25, 0.3) is 0 Å². The highest BCUT2D eigenvalue weighted by molar-refractivity contribution is 5.58. The van der Waals surface area contributed by atoms with E-state index in [1.807, 2.05) is 0 Å². The van der Waals surface area contributed by atoms with Crippen molar-refractivity contribution in [1.82, 2.24) is 0 Å². The van der Waals surface area contributed by atoms with E-state index in [0.29, 0.717) is 0 Å². The van der Waals surface area contributed by atoms with E-state index in [4.69, 9.17) is 20.4 Å². The molecule has 0 radical (unpaired) electrons. The van der Waals surface area contributed by atoms with Crippen LogP contribution in [-0.2, 0) is 9.47 Å². The minimum Gasteiger partial charge on any atom is -0.508 e. The average Bonchev–Trinajstić information content (AvgIpc) is 2.30. The maximum Gasteiger partial charge on any atom is 0.506 e. The van der Waals surface area contributed by atoms with Gasteiger partial charge in [-0.05, 0) is 31.2 Å². The number of carbonyl (C=O) groups is 2. The topological polar surface area (TPSA) is 134 Å². The predicted octanol–water partition coefficient (Wildman–Crippen LogP) is 1.86. The number of aromatic hydroxyl groups is 2. The Bertz CT molecular complexity index is 379. The third-order valence-corrected chi connectivity index (χ3v) is 1.59. The van der Waals surface area contributed by atoms with Crippen molar-refractivity contribution in [2.75, 3.05) is 6.61 Å². The lowest BCUT2D eigenvalue weighted by atomic mass is 10.3. The fourth-order valence-corrected chi connectivity index (χ4v) is 0.847. The smallest absolute Gasteiger partial charge is 0.506 e. The third kappa shape index (κ3) is 10.2. The Labute approximate surface area is 108 Å². The van der Waals surface area contributed by atoms with Crippen molar-refractivity contribution in [3.8, 4) is 11.5 Å². The van der Waals surface area contributed by atoms with Gasteiger partial charge in [0.05, 0.1) is 0 Å². The number of phenols is 2. The number of rotatable bonds is 3. The molecular formula is C11H14O8. The number of ether oxygens (including phenoxy) is 2. The zero-order valence-corrected chi connectivity index (χ0v) is 10.0. The second-order valence-electron chi connectivity index (χ2n) is 3.29. The first-order valence-corrected chi connectivity index (χ1v) is 5.04. The Hall–Kier alpha value is -2.64. The largest absolute Gasteiger partial charge is 0.508 e. The Morgan fingerprint density at radius 1 is 1.05 bits per heavy atom. The first-order chi connectivity index (χ1) is 8.81. The van der Waals surface area contributed by atoms with Crippen LogP contribution in [0.4, 0.5) is 9.59 Å². The second kappa shape index (κ2) is 8.45. The van der Waals surface area contributed by atoms with E-state index in [9.17, 15) is 9.59 Å². The SMILES string of the molecule is CC(COC(=O)O)OC(=O)O.Oc1ccc(O)cc1. The summed E-state index contributed by atoms with van der Waals surface area (Å²) < 4.78 is 8.16. The van der Waals surface area contributed by atoms with Gasteiger partial charge in [0.15, 0.2) is 0 Å². The normalized spacial score (nSPS) is 10.6. The summed E-state index contributed by atoms with van der Waals surface area (Å²) >= 11 is 0.